The normalized spacial score (nSPS) is 10.5. The van der Waals surface area contributed by atoms with Gasteiger partial charge in [0.1, 0.15) is 11.6 Å². The van der Waals surface area contributed by atoms with Crippen molar-refractivity contribution >= 4 is 29.0 Å². The summed E-state index contributed by atoms with van der Waals surface area (Å²) in [6.07, 6.45) is 0. The molecule has 0 spiro atoms. The van der Waals surface area contributed by atoms with Gasteiger partial charge in [0.25, 0.3) is 0 Å². The molecule has 0 saturated carbocycles. The maximum atomic E-state index is 13.6. The summed E-state index contributed by atoms with van der Waals surface area (Å²) in [7, 11) is 0. The molecule has 0 N–H and O–H groups in total. The van der Waals surface area contributed by atoms with Gasteiger partial charge in [0.15, 0.2) is 5.78 Å². The minimum absolute atomic E-state index is 0.216. The number of benzene rings is 2. The summed E-state index contributed by atoms with van der Waals surface area (Å²) in [6.45, 7) is 3.88. The summed E-state index contributed by atoms with van der Waals surface area (Å²) in [5.74, 6) is -0.409. The standard InChI is InChI=1S/C16H13Cl2FO2/c1-3-21-15-8-12(17)11(7-13(15)18)16(20)10-5-4-9(2)14(19)6-10/h4-8H,3H2,1-2H3. The van der Waals surface area contributed by atoms with E-state index in [0.717, 1.165) is 0 Å². The number of carbonyl (C=O) groups excluding carboxylic acids is 1. The molecule has 0 unspecified atom stereocenters. The Labute approximate surface area is 132 Å². The summed E-state index contributed by atoms with van der Waals surface area (Å²) in [6, 6.07) is 7.23. The topological polar surface area (TPSA) is 26.3 Å². The second kappa shape index (κ2) is 6.46. The lowest BCUT2D eigenvalue weighted by Crippen LogP contribution is -2.04. The van der Waals surface area contributed by atoms with E-state index < -0.39 is 5.82 Å². The van der Waals surface area contributed by atoms with Crippen LogP contribution in [0.15, 0.2) is 30.3 Å². The Morgan fingerprint density at radius 3 is 2.52 bits per heavy atom. The van der Waals surface area contributed by atoms with Crippen molar-refractivity contribution in [3.05, 3.63) is 62.9 Å². The number of hydrogen-bond acceptors (Lipinski definition) is 2. The molecule has 5 heteroatoms. The molecule has 0 bridgehead atoms. The van der Waals surface area contributed by atoms with Crippen molar-refractivity contribution in [2.24, 2.45) is 0 Å². The molecule has 2 rings (SSSR count). The predicted octanol–water partition coefficient (Wildman–Crippen LogP) is 5.07. The maximum Gasteiger partial charge on any atom is 0.194 e. The van der Waals surface area contributed by atoms with Crippen LogP contribution in [0.25, 0.3) is 0 Å². The third-order valence-corrected chi connectivity index (χ3v) is 3.61. The van der Waals surface area contributed by atoms with E-state index in [0.29, 0.717) is 17.9 Å². The summed E-state index contributed by atoms with van der Waals surface area (Å²) in [5, 5.41) is 0.506. The van der Waals surface area contributed by atoms with E-state index in [-0.39, 0.29) is 27.0 Å². The van der Waals surface area contributed by atoms with E-state index in [1.807, 2.05) is 6.92 Å². The van der Waals surface area contributed by atoms with E-state index in [1.165, 1.54) is 18.2 Å². The van der Waals surface area contributed by atoms with Crippen molar-refractivity contribution in [3.63, 3.8) is 0 Å². The molecular weight excluding hydrogens is 314 g/mol. The number of carbonyl (C=O) groups is 1. The Balaban J connectivity index is 2.43. The van der Waals surface area contributed by atoms with Crippen LogP contribution in [-0.4, -0.2) is 12.4 Å². The summed E-state index contributed by atoms with van der Waals surface area (Å²) in [4.78, 5) is 12.4. The van der Waals surface area contributed by atoms with Gasteiger partial charge in [-0.1, -0.05) is 35.3 Å². The molecule has 0 fully saturated rings. The number of ether oxygens (including phenoxy) is 1. The van der Waals surface area contributed by atoms with E-state index >= 15 is 0 Å². The Morgan fingerprint density at radius 1 is 1.19 bits per heavy atom. The van der Waals surface area contributed by atoms with Crippen LogP contribution in [0, 0.1) is 12.7 Å². The highest BCUT2D eigenvalue weighted by Gasteiger charge is 2.17. The van der Waals surface area contributed by atoms with E-state index in [2.05, 4.69) is 0 Å². The molecule has 0 aliphatic carbocycles. The zero-order valence-electron chi connectivity index (χ0n) is 11.5. The van der Waals surface area contributed by atoms with Crippen LogP contribution in [-0.2, 0) is 0 Å². The largest absolute Gasteiger partial charge is 0.492 e. The fourth-order valence-electron chi connectivity index (χ4n) is 1.86. The van der Waals surface area contributed by atoms with E-state index in [4.69, 9.17) is 27.9 Å². The lowest BCUT2D eigenvalue weighted by molar-refractivity contribution is 0.103. The van der Waals surface area contributed by atoms with Crippen LogP contribution in [0.5, 0.6) is 5.75 Å². The quantitative estimate of drug-likeness (QED) is 0.733. The Kier molecular flexibility index (Phi) is 4.86. The maximum absolute atomic E-state index is 13.6. The van der Waals surface area contributed by atoms with Crippen LogP contribution >= 0.6 is 23.2 Å². The molecule has 0 radical (unpaired) electrons. The first-order valence-corrected chi connectivity index (χ1v) is 7.12. The van der Waals surface area contributed by atoms with Gasteiger partial charge >= 0.3 is 0 Å². The smallest absolute Gasteiger partial charge is 0.194 e. The SMILES string of the molecule is CCOc1cc(Cl)c(C(=O)c2ccc(C)c(F)c2)cc1Cl. The van der Waals surface area contributed by atoms with Crippen LogP contribution in [0.4, 0.5) is 4.39 Å². The van der Waals surface area contributed by atoms with Crippen molar-refractivity contribution in [1.82, 2.24) is 0 Å². The molecule has 0 amide bonds. The van der Waals surface area contributed by atoms with Gasteiger partial charge < -0.3 is 4.74 Å². The highest BCUT2D eigenvalue weighted by atomic mass is 35.5. The third-order valence-electron chi connectivity index (χ3n) is 3.00. The Morgan fingerprint density at radius 2 is 1.90 bits per heavy atom. The highest BCUT2D eigenvalue weighted by Crippen LogP contribution is 2.32. The summed E-state index contributed by atoms with van der Waals surface area (Å²) < 4.78 is 18.9. The number of aryl methyl sites for hydroxylation is 1. The number of hydrogen-bond donors (Lipinski definition) is 0. The zero-order chi connectivity index (χ0) is 15.6. The molecule has 0 atom stereocenters. The molecule has 2 aromatic rings. The van der Waals surface area contributed by atoms with Crippen molar-refractivity contribution in [3.8, 4) is 5.75 Å². The van der Waals surface area contributed by atoms with Gasteiger partial charge in [0.2, 0.25) is 0 Å². The van der Waals surface area contributed by atoms with Crippen LogP contribution in [0.1, 0.15) is 28.4 Å². The highest BCUT2D eigenvalue weighted by molar-refractivity contribution is 6.37. The van der Waals surface area contributed by atoms with E-state index in [9.17, 15) is 9.18 Å². The molecular formula is C16H13Cl2FO2. The van der Waals surface area contributed by atoms with Gasteiger partial charge in [-0.2, -0.15) is 0 Å². The van der Waals surface area contributed by atoms with Crippen molar-refractivity contribution in [2.45, 2.75) is 13.8 Å². The first-order valence-electron chi connectivity index (χ1n) is 6.36. The molecule has 2 nitrogen and oxygen atoms in total. The van der Waals surface area contributed by atoms with Crippen LogP contribution in [0.2, 0.25) is 10.0 Å². The average Bonchev–Trinajstić information content (AvgIpc) is 2.45. The first-order chi connectivity index (χ1) is 9.93. The molecule has 0 saturated heterocycles. The lowest BCUT2D eigenvalue weighted by atomic mass is 10.0. The van der Waals surface area contributed by atoms with Crippen molar-refractivity contribution in [2.75, 3.05) is 6.61 Å². The lowest BCUT2D eigenvalue weighted by Gasteiger charge is -2.10. The minimum Gasteiger partial charge on any atom is -0.492 e. The van der Waals surface area contributed by atoms with Crippen molar-refractivity contribution < 1.29 is 13.9 Å². The zero-order valence-corrected chi connectivity index (χ0v) is 13.1. The molecule has 2 aromatic carbocycles. The molecule has 110 valence electrons. The molecule has 0 heterocycles. The predicted molar refractivity (Wildman–Crippen MR) is 82.2 cm³/mol. The number of ketones is 1. The number of halogens is 3. The van der Waals surface area contributed by atoms with Crippen molar-refractivity contribution in [1.29, 1.82) is 0 Å². The van der Waals surface area contributed by atoms with Gasteiger partial charge in [-0.15, -0.1) is 0 Å². The second-order valence-electron chi connectivity index (χ2n) is 4.49. The second-order valence-corrected chi connectivity index (χ2v) is 5.30. The Hall–Kier alpha value is -1.58. The van der Waals surface area contributed by atoms with Crippen LogP contribution in [0.3, 0.4) is 0 Å². The molecule has 0 aliphatic rings. The summed E-state index contributed by atoms with van der Waals surface area (Å²) >= 11 is 12.2. The molecule has 21 heavy (non-hydrogen) atoms. The fourth-order valence-corrected chi connectivity index (χ4v) is 2.32. The monoisotopic (exact) mass is 326 g/mol. The van der Waals surface area contributed by atoms with Crippen LogP contribution < -0.4 is 4.74 Å². The average molecular weight is 327 g/mol. The van der Waals surface area contributed by atoms with Gasteiger partial charge in [0, 0.05) is 17.2 Å². The third kappa shape index (κ3) is 3.36. The number of rotatable bonds is 4. The molecule has 0 aromatic heterocycles. The van der Waals surface area contributed by atoms with Gasteiger partial charge in [-0.3, -0.25) is 4.79 Å². The van der Waals surface area contributed by atoms with Gasteiger partial charge in [0.05, 0.1) is 16.7 Å². The van der Waals surface area contributed by atoms with Gasteiger partial charge in [-0.05, 0) is 31.5 Å². The van der Waals surface area contributed by atoms with Gasteiger partial charge in [-0.25, -0.2) is 4.39 Å². The minimum atomic E-state index is -0.436. The molecule has 0 aliphatic heterocycles. The first kappa shape index (κ1) is 15.8. The van der Waals surface area contributed by atoms with E-state index in [1.54, 1.807) is 19.1 Å². The summed E-state index contributed by atoms with van der Waals surface area (Å²) in [5.41, 5.74) is 0.913. The fraction of sp³-hybridized carbons (Fsp3) is 0.188. The Bertz CT molecular complexity index is 699.